The average Bonchev–Trinajstić information content (AvgIpc) is 3.27. The van der Waals surface area contributed by atoms with Crippen LogP contribution in [0, 0.1) is 5.92 Å². The molecule has 1 aromatic carbocycles. The van der Waals surface area contributed by atoms with Gasteiger partial charge in [-0.3, -0.25) is 9.78 Å². The second-order valence-electron chi connectivity index (χ2n) is 9.43. The summed E-state index contributed by atoms with van der Waals surface area (Å²) in [6.07, 6.45) is 7.95. The molecule has 0 saturated heterocycles. The summed E-state index contributed by atoms with van der Waals surface area (Å²) < 4.78 is 0. The number of ketones is 1. The van der Waals surface area contributed by atoms with Gasteiger partial charge >= 0.3 is 0 Å². The summed E-state index contributed by atoms with van der Waals surface area (Å²) in [7, 11) is 4.28. The maximum atomic E-state index is 12.5. The van der Waals surface area contributed by atoms with Gasteiger partial charge in [0.2, 0.25) is 0 Å². The number of aromatic amines is 1. The van der Waals surface area contributed by atoms with E-state index >= 15 is 0 Å². The van der Waals surface area contributed by atoms with E-state index in [9.17, 15) is 4.79 Å². The second kappa shape index (κ2) is 12.7. The number of benzene rings is 1. The van der Waals surface area contributed by atoms with Crippen LogP contribution in [0.15, 0.2) is 42.9 Å². The fourth-order valence-electron chi connectivity index (χ4n) is 4.94. The Bertz CT molecular complexity index is 1320. The molecule has 10 heteroatoms. The van der Waals surface area contributed by atoms with E-state index < -0.39 is 0 Å². The smallest absolute Gasteiger partial charge is 0.163 e. The van der Waals surface area contributed by atoms with Gasteiger partial charge in [0.25, 0.3) is 0 Å². The maximum absolute atomic E-state index is 12.5. The van der Waals surface area contributed by atoms with E-state index in [2.05, 4.69) is 45.3 Å². The molecule has 194 valence electrons. The lowest BCUT2D eigenvalue weighted by Gasteiger charge is -2.31. The molecule has 36 heavy (non-hydrogen) atoms. The number of anilines is 1. The normalized spacial score (nSPS) is 17.2. The van der Waals surface area contributed by atoms with Crippen LogP contribution in [0.3, 0.4) is 0 Å². The molecule has 3 heterocycles. The summed E-state index contributed by atoms with van der Waals surface area (Å²) in [5, 5.41) is 3.70. The highest BCUT2D eigenvalue weighted by atomic mass is 35.5. The third-order valence-electron chi connectivity index (χ3n) is 6.63. The van der Waals surface area contributed by atoms with E-state index in [4.69, 9.17) is 4.98 Å². The molecule has 0 spiro atoms. The molecule has 1 saturated carbocycles. The monoisotopic (exact) mass is 550 g/mol. The van der Waals surface area contributed by atoms with E-state index in [-0.39, 0.29) is 43.0 Å². The first-order valence-corrected chi connectivity index (χ1v) is 11.6. The van der Waals surface area contributed by atoms with Crippen LogP contribution in [-0.4, -0.2) is 57.3 Å². The molecule has 0 aliphatic heterocycles. The molecule has 0 radical (unpaired) electrons. The van der Waals surface area contributed by atoms with E-state index in [0.29, 0.717) is 11.6 Å². The molecule has 0 bridgehead atoms. The number of nitrogens with one attached hydrogen (secondary N) is 2. The summed E-state index contributed by atoms with van der Waals surface area (Å²) in [6.45, 7) is 2.73. The lowest BCUT2D eigenvalue weighted by molar-refractivity contribution is 0.101. The molecule has 3 aromatic heterocycles. The van der Waals surface area contributed by atoms with Gasteiger partial charge < -0.3 is 15.2 Å². The van der Waals surface area contributed by atoms with Gasteiger partial charge in [0.05, 0.1) is 39.8 Å². The SMILES string of the molecule is CC(=O)c1cnc2ccc(-c3ccc4nc[nH]c4c3)nc2c1NC1CCC(CN(C)C)CC1.Cl.Cl.Cl. The van der Waals surface area contributed by atoms with Crippen molar-refractivity contribution in [3.05, 3.63) is 48.4 Å². The van der Waals surface area contributed by atoms with Crippen molar-refractivity contribution in [2.45, 2.75) is 38.6 Å². The van der Waals surface area contributed by atoms with Gasteiger partial charge in [-0.15, -0.1) is 37.2 Å². The first-order chi connectivity index (χ1) is 16.0. The van der Waals surface area contributed by atoms with Crippen molar-refractivity contribution in [3.63, 3.8) is 0 Å². The Hall–Kier alpha value is -2.45. The summed E-state index contributed by atoms with van der Waals surface area (Å²) >= 11 is 0. The van der Waals surface area contributed by atoms with E-state index in [1.54, 1.807) is 19.4 Å². The van der Waals surface area contributed by atoms with Crippen LogP contribution >= 0.6 is 37.2 Å². The number of H-pyrrole nitrogens is 1. The van der Waals surface area contributed by atoms with Gasteiger partial charge in [0.1, 0.15) is 5.52 Å². The van der Waals surface area contributed by atoms with Crippen molar-refractivity contribution >= 4 is 70.8 Å². The Morgan fingerprint density at radius 1 is 1.03 bits per heavy atom. The highest BCUT2D eigenvalue weighted by Crippen LogP contribution is 2.32. The van der Waals surface area contributed by atoms with Crippen molar-refractivity contribution in [2.24, 2.45) is 5.92 Å². The first kappa shape index (κ1) is 29.8. The molecule has 5 rings (SSSR count). The molecule has 0 amide bonds. The number of carbonyl (C=O) groups is 1. The number of aromatic nitrogens is 4. The first-order valence-electron chi connectivity index (χ1n) is 11.6. The summed E-state index contributed by atoms with van der Waals surface area (Å²) in [4.78, 5) is 31.7. The number of imidazole rings is 1. The predicted octanol–water partition coefficient (Wildman–Crippen LogP) is 6.17. The molecule has 1 fully saturated rings. The van der Waals surface area contributed by atoms with Crippen molar-refractivity contribution < 1.29 is 4.79 Å². The maximum Gasteiger partial charge on any atom is 0.163 e. The number of hydrogen-bond acceptors (Lipinski definition) is 6. The topological polar surface area (TPSA) is 86.8 Å². The van der Waals surface area contributed by atoms with Gasteiger partial charge in [0, 0.05) is 24.3 Å². The molecule has 4 aromatic rings. The van der Waals surface area contributed by atoms with Crippen molar-refractivity contribution in [1.82, 2.24) is 24.8 Å². The van der Waals surface area contributed by atoms with Crippen LogP contribution in [0.1, 0.15) is 43.0 Å². The minimum Gasteiger partial charge on any atom is -0.380 e. The molecular weight excluding hydrogens is 519 g/mol. The molecule has 1 aliphatic rings. The quantitative estimate of drug-likeness (QED) is 0.279. The fraction of sp³-hybridized carbons (Fsp3) is 0.385. The fourth-order valence-corrected chi connectivity index (χ4v) is 4.94. The Kier molecular flexibility index (Phi) is 10.5. The average molecular weight is 552 g/mol. The predicted molar refractivity (Wildman–Crippen MR) is 154 cm³/mol. The molecule has 2 N–H and O–H groups in total. The van der Waals surface area contributed by atoms with Crippen LogP contribution < -0.4 is 5.32 Å². The standard InChI is InChI=1S/C26H30N6O.3ClH/c1-16(33)20-13-27-23-11-10-21(18-6-9-22-24(12-18)29-15-28-22)31-26(23)25(20)30-19-7-4-17(5-8-19)14-32(2)3;;;/h6,9-13,15,17,19H,4-5,7-8,14H2,1-3H3,(H,27,30)(H,28,29);3*1H. The Balaban J connectivity index is 0.00000152. The van der Waals surface area contributed by atoms with Crippen LogP contribution in [0.4, 0.5) is 5.69 Å². The van der Waals surface area contributed by atoms with Crippen molar-refractivity contribution in [2.75, 3.05) is 26.0 Å². The molecular formula is C26H33Cl3N6O. The van der Waals surface area contributed by atoms with E-state index in [1.165, 1.54) is 12.8 Å². The van der Waals surface area contributed by atoms with Crippen LogP contribution in [0.5, 0.6) is 0 Å². The largest absolute Gasteiger partial charge is 0.380 e. The Labute approximate surface area is 230 Å². The molecule has 0 unspecified atom stereocenters. The number of nitrogens with zero attached hydrogens (tertiary/aromatic N) is 4. The number of fused-ring (bicyclic) bond motifs is 2. The number of carbonyl (C=O) groups excluding carboxylic acids is 1. The van der Waals surface area contributed by atoms with Crippen molar-refractivity contribution in [1.29, 1.82) is 0 Å². The van der Waals surface area contributed by atoms with Crippen molar-refractivity contribution in [3.8, 4) is 11.3 Å². The zero-order valence-electron chi connectivity index (χ0n) is 20.7. The zero-order chi connectivity index (χ0) is 22.9. The van der Waals surface area contributed by atoms with Crippen LogP contribution in [0.2, 0.25) is 0 Å². The highest BCUT2D eigenvalue weighted by molar-refractivity contribution is 6.06. The van der Waals surface area contributed by atoms with Gasteiger partial charge in [-0.05, 0) is 76.9 Å². The van der Waals surface area contributed by atoms with Gasteiger partial charge in [0.15, 0.2) is 5.78 Å². The Morgan fingerprint density at radius 3 is 2.44 bits per heavy atom. The minimum absolute atomic E-state index is 0. The summed E-state index contributed by atoms with van der Waals surface area (Å²) in [6, 6.07) is 10.4. The number of halogens is 3. The summed E-state index contributed by atoms with van der Waals surface area (Å²) in [5.41, 5.74) is 6.69. The number of Topliss-reactive ketones (excluding diaryl/α,β-unsaturated/α-hetero) is 1. The van der Waals surface area contributed by atoms with E-state index in [0.717, 1.165) is 64.3 Å². The second-order valence-corrected chi connectivity index (χ2v) is 9.43. The molecule has 1 aliphatic carbocycles. The summed E-state index contributed by atoms with van der Waals surface area (Å²) in [5.74, 6) is 0.737. The third-order valence-corrected chi connectivity index (χ3v) is 6.63. The van der Waals surface area contributed by atoms with Gasteiger partial charge in [-0.1, -0.05) is 6.07 Å². The van der Waals surface area contributed by atoms with Gasteiger partial charge in [-0.25, -0.2) is 9.97 Å². The highest BCUT2D eigenvalue weighted by Gasteiger charge is 2.24. The van der Waals surface area contributed by atoms with E-state index in [1.807, 2.05) is 24.3 Å². The van der Waals surface area contributed by atoms with Crippen LogP contribution in [-0.2, 0) is 0 Å². The molecule has 0 atom stereocenters. The van der Waals surface area contributed by atoms with Gasteiger partial charge in [-0.2, -0.15) is 0 Å². The lowest BCUT2D eigenvalue weighted by Crippen LogP contribution is -2.31. The molecule has 7 nitrogen and oxygen atoms in total. The Morgan fingerprint density at radius 2 is 1.75 bits per heavy atom. The lowest BCUT2D eigenvalue weighted by atomic mass is 9.85. The van der Waals surface area contributed by atoms with Crippen LogP contribution in [0.25, 0.3) is 33.3 Å². The zero-order valence-corrected chi connectivity index (χ0v) is 23.1. The third kappa shape index (κ3) is 6.27. The number of rotatable bonds is 6. The number of pyridine rings is 2. The number of hydrogen-bond donors (Lipinski definition) is 2. The minimum atomic E-state index is -0.000670.